The molecule has 2 heterocycles. The molecule has 0 bridgehead atoms. The van der Waals surface area contributed by atoms with Gasteiger partial charge in [0.2, 0.25) is 5.95 Å². The standard InChI is InChI=1S/C12H14ClN3S/c1-8(2)11(10-4-3-5-17-10)16-12-14-6-9(13)7-15-12/h3-8,11H,1-2H3,(H,14,15,16). The Morgan fingerprint density at radius 3 is 2.53 bits per heavy atom. The van der Waals surface area contributed by atoms with Crippen molar-refractivity contribution in [2.45, 2.75) is 19.9 Å². The van der Waals surface area contributed by atoms with Crippen LogP contribution in [0.4, 0.5) is 5.95 Å². The van der Waals surface area contributed by atoms with Crippen LogP contribution in [-0.4, -0.2) is 9.97 Å². The van der Waals surface area contributed by atoms with Gasteiger partial charge in [-0.05, 0) is 17.4 Å². The second kappa shape index (κ2) is 5.47. The maximum absolute atomic E-state index is 5.76. The molecule has 2 rings (SSSR count). The van der Waals surface area contributed by atoms with Crippen molar-refractivity contribution in [3.8, 4) is 0 Å². The molecule has 2 aromatic heterocycles. The summed E-state index contributed by atoms with van der Waals surface area (Å²) >= 11 is 7.50. The second-order valence-electron chi connectivity index (χ2n) is 4.11. The van der Waals surface area contributed by atoms with Crippen LogP contribution < -0.4 is 5.32 Å². The van der Waals surface area contributed by atoms with E-state index in [-0.39, 0.29) is 6.04 Å². The number of rotatable bonds is 4. The molecule has 0 aromatic carbocycles. The predicted molar refractivity (Wildman–Crippen MR) is 72.6 cm³/mol. The molecule has 0 fully saturated rings. The van der Waals surface area contributed by atoms with Crippen molar-refractivity contribution in [1.82, 2.24) is 9.97 Å². The van der Waals surface area contributed by atoms with E-state index < -0.39 is 0 Å². The van der Waals surface area contributed by atoms with Gasteiger partial charge in [-0.2, -0.15) is 0 Å². The fraction of sp³-hybridized carbons (Fsp3) is 0.333. The number of hydrogen-bond acceptors (Lipinski definition) is 4. The van der Waals surface area contributed by atoms with Gasteiger partial charge in [0.1, 0.15) is 0 Å². The Bertz CT molecular complexity index is 453. The van der Waals surface area contributed by atoms with Gasteiger partial charge in [0, 0.05) is 4.88 Å². The zero-order valence-electron chi connectivity index (χ0n) is 9.72. The van der Waals surface area contributed by atoms with E-state index in [1.54, 1.807) is 23.7 Å². The first-order valence-corrected chi connectivity index (χ1v) is 6.70. The topological polar surface area (TPSA) is 37.8 Å². The average molecular weight is 268 g/mol. The van der Waals surface area contributed by atoms with Gasteiger partial charge in [0.15, 0.2) is 0 Å². The summed E-state index contributed by atoms with van der Waals surface area (Å²) in [5, 5.41) is 5.96. The minimum Gasteiger partial charge on any atom is -0.346 e. The van der Waals surface area contributed by atoms with Gasteiger partial charge in [-0.1, -0.05) is 31.5 Å². The van der Waals surface area contributed by atoms with Crippen LogP contribution >= 0.6 is 22.9 Å². The summed E-state index contributed by atoms with van der Waals surface area (Å²) in [6, 6.07) is 4.41. The van der Waals surface area contributed by atoms with Crippen LogP contribution in [0.15, 0.2) is 29.9 Å². The van der Waals surface area contributed by atoms with E-state index in [1.165, 1.54) is 4.88 Å². The summed E-state index contributed by atoms with van der Waals surface area (Å²) in [6.07, 6.45) is 3.20. The van der Waals surface area contributed by atoms with Crippen molar-refractivity contribution in [1.29, 1.82) is 0 Å². The van der Waals surface area contributed by atoms with E-state index >= 15 is 0 Å². The predicted octanol–water partition coefficient (Wildman–Crippen LogP) is 4.00. The zero-order chi connectivity index (χ0) is 12.3. The summed E-state index contributed by atoms with van der Waals surface area (Å²) in [6.45, 7) is 4.35. The van der Waals surface area contributed by atoms with Crippen molar-refractivity contribution in [2.24, 2.45) is 5.92 Å². The largest absolute Gasteiger partial charge is 0.346 e. The minimum absolute atomic E-state index is 0.233. The monoisotopic (exact) mass is 267 g/mol. The number of aromatic nitrogens is 2. The molecular formula is C12H14ClN3S. The van der Waals surface area contributed by atoms with Crippen LogP contribution in [0, 0.1) is 5.92 Å². The molecule has 17 heavy (non-hydrogen) atoms. The summed E-state index contributed by atoms with van der Waals surface area (Å²) in [5.74, 6) is 1.08. The highest BCUT2D eigenvalue weighted by Gasteiger charge is 2.17. The number of halogens is 1. The SMILES string of the molecule is CC(C)C(Nc1ncc(Cl)cn1)c1cccs1. The highest BCUT2D eigenvalue weighted by atomic mass is 35.5. The van der Waals surface area contributed by atoms with Gasteiger partial charge in [-0.15, -0.1) is 11.3 Å². The molecule has 0 aliphatic heterocycles. The molecule has 5 heteroatoms. The molecule has 0 saturated carbocycles. The molecule has 90 valence electrons. The van der Waals surface area contributed by atoms with E-state index in [9.17, 15) is 0 Å². The maximum Gasteiger partial charge on any atom is 0.223 e. The van der Waals surface area contributed by atoms with Crippen LogP contribution in [0.3, 0.4) is 0 Å². The summed E-state index contributed by atoms with van der Waals surface area (Å²) < 4.78 is 0. The van der Waals surface area contributed by atoms with Crippen LogP contribution in [0.5, 0.6) is 0 Å². The summed E-state index contributed by atoms with van der Waals surface area (Å²) in [7, 11) is 0. The van der Waals surface area contributed by atoms with E-state index in [4.69, 9.17) is 11.6 Å². The van der Waals surface area contributed by atoms with Gasteiger partial charge < -0.3 is 5.32 Å². The van der Waals surface area contributed by atoms with Crippen LogP contribution in [-0.2, 0) is 0 Å². The fourth-order valence-corrected chi connectivity index (χ4v) is 2.61. The van der Waals surface area contributed by atoms with Crippen molar-refractivity contribution >= 4 is 28.9 Å². The Labute approximate surface area is 110 Å². The zero-order valence-corrected chi connectivity index (χ0v) is 11.3. The third kappa shape index (κ3) is 3.17. The smallest absolute Gasteiger partial charge is 0.223 e. The lowest BCUT2D eigenvalue weighted by molar-refractivity contribution is 0.550. The molecule has 0 aliphatic carbocycles. The first-order chi connectivity index (χ1) is 8.16. The molecule has 1 atom stereocenters. The van der Waals surface area contributed by atoms with Gasteiger partial charge in [0.05, 0.1) is 23.5 Å². The molecule has 1 unspecified atom stereocenters. The van der Waals surface area contributed by atoms with E-state index in [0.29, 0.717) is 16.9 Å². The Balaban J connectivity index is 2.16. The van der Waals surface area contributed by atoms with Crippen LogP contribution in [0.1, 0.15) is 24.8 Å². The van der Waals surface area contributed by atoms with Crippen LogP contribution in [0.25, 0.3) is 0 Å². The molecule has 0 radical (unpaired) electrons. The van der Waals surface area contributed by atoms with Crippen LogP contribution in [0.2, 0.25) is 5.02 Å². The molecule has 0 aliphatic rings. The Morgan fingerprint density at radius 1 is 1.29 bits per heavy atom. The Kier molecular flexibility index (Phi) is 3.97. The third-order valence-electron chi connectivity index (χ3n) is 2.42. The number of thiophene rings is 1. The Morgan fingerprint density at radius 2 is 2.00 bits per heavy atom. The second-order valence-corrected chi connectivity index (χ2v) is 5.52. The fourth-order valence-electron chi connectivity index (χ4n) is 1.56. The molecule has 2 aromatic rings. The molecular weight excluding hydrogens is 254 g/mol. The van der Waals surface area contributed by atoms with Crippen molar-refractivity contribution in [2.75, 3.05) is 5.32 Å². The molecule has 3 nitrogen and oxygen atoms in total. The molecule has 1 N–H and O–H groups in total. The van der Waals surface area contributed by atoms with E-state index in [0.717, 1.165) is 0 Å². The normalized spacial score (nSPS) is 12.7. The number of nitrogens with zero attached hydrogens (tertiary/aromatic N) is 2. The molecule has 0 amide bonds. The minimum atomic E-state index is 0.233. The quantitative estimate of drug-likeness (QED) is 0.910. The third-order valence-corrected chi connectivity index (χ3v) is 3.57. The maximum atomic E-state index is 5.76. The first kappa shape index (κ1) is 12.3. The van der Waals surface area contributed by atoms with Gasteiger partial charge in [-0.25, -0.2) is 9.97 Å². The van der Waals surface area contributed by atoms with Crippen molar-refractivity contribution in [3.05, 3.63) is 39.8 Å². The number of hydrogen-bond donors (Lipinski definition) is 1. The average Bonchev–Trinajstić information content (AvgIpc) is 2.81. The van der Waals surface area contributed by atoms with Gasteiger partial charge in [0.25, 0.3) is 0 Å². The Hall–Kier alpha value is -1.13. The lowest BCUT2D eigenvalue weighted by atomic mass is 10.0. The number of anilines is 1. The lowest BCUT2D eigenvalue weighted by Crippen LogP contribution is -2.17. The molecule has 0 saturated heterocycles. The highest BCUT2D eigenvalue weighted by molar-refractivity contribution is 7.10. The summed E-state index contributed by atoms with van der Waals surface area (Å²) in [4.78, 5) is 9.61. The lowest BCUT2D eigenvalue weighted by Gasteiger charge is -2.20. The van der Waals surface area contributed by atoms with E-state index in [1.807, 2.05) is 0 Å². The van der Waals surface area contributed by atoms with E-state index in [2.05, 4.69) is 46.6 Å². The van der Waals surface area contributed by atoms with Crippen molar-refractivity contribution < 1.29 is 0 Å². The first-order valence-electron chi connectivity index (χ1n) is 5.44. The van der Waals surface area contributed by atoms with Crippen molar-refractivity contribution in [3.63, 3.8) is 0 Å². The highest BCUT2D eigenvalue weighted by Crippen LogP contribution is 2.28. The van der Waals surface area contributed by atoms with Gasteiger partial charge in [-0.3, -0.25) is 0 Å². The molecule has 0 spiro atoms. The summed E-state index contributed by atoms with van der Waals surface area (Å²) in [5.41, 5.74) is 0. The number of nitrogens with one attached hydrogen (secondary N) is 1. The van der Waals surface area contributed by atoms with Gasteiger partial charge >= 0.3 is 0 Å².